The molecule has 1 unspecified atom stereocenters. The van der Waals surface area contributed by atoms with Crippen LogP contribution in [0.15, 0.2) is 86.2 Å². The highest BCUT2D eigenvalue weighted by molar-refractivity contribution is 9.11. The Kier molecular flexibility index (Phi) is 7.75. The molecule has 3 rings (SSSR count). The lowest BCUT2D eigenvalue weighted by molar-refractivity contribution is 0.531. The zero-order valence-corrected chi connectivity index (χ0v) is 20.1. The third kappa shape index (κ3) is 5.56. The minimum atomic E-state index is 0.306. The highest BCUT2D eigenvalue weighted by Crippen LogP contribution is 2.43. The summed E-state index contributed by atoms with van der Waals surface area (Å²) < 4.78 is 3.40. The summed E-state index contributed by atoms with van der Waals surface area (Å²) >= 11 is 11.0. The summed E-state index contributed by atoms with van der Waals surface area (Å²) in [7, 11) is 0. The van der Waals surface area contributed by atoms with Crippen molar-refractivity contribution in [3.8, 4) is 0 Å². The second-order valence-electron chi connectivity index (χ2n) is 6.89. The second kappa shape index (κ2) is 10.0. The first-order chi connectivity index (χ1) is 13.1. The van der Waals surface area contributed by atoms with Crippen LogP contribution in [0.25, 0.3) is 0 Å². The first kappa shape index (κ1) is 20.8. The number of hydrogen-bond donors (Lipinski definition) is 0. The summed E-state index contributed by atoms with van der Waals surface area (Å²) in [6, 6.07) is 26.3. The van der Waals surface area contributed by atoms with Gasteiger partial charge in [0.25, 0.3) is 0 Å². The van der Waals surface area contributed by atoms with Crippen molar-refractivity contribution in [3.05, 3.63) is 103 Å². The van der Waals surface area contributed by atoms with E-state index in [1.165, 1.54) is 29.5 Å². The minimum Gasteiger partial charge on any atom is -0.0654 e. The van der Waals surface area contributed by atoms with Gasteiger partial charge in [-0.15, -0.1) is 0 Å². The zero-order valence-electron chi connectivity index (χ0n) is 15.3. The smallest absolute Gasteiger partial charge is 0.0178 e. The van der Waals surface area contributed by atoms with Crippen LogP contribution in [-0.2, 0) is 0 Å². The Morgan fingerprint density at radius 2 is 1.11 bits per heavy atom. The molecule has 0 bridgehead atoms. The Morgan fingerprint density at radius 3 is 1.56 bits per heavy atom. The Labute approximate surface area is 187 Å². The van der Waals surface area contributed by atoms with Crippen LogP contribution >= 0.6 is 47.8 Å². The summed E-state index contributed by atoms with van der Waals surface area (Å²) in [4.78, 5) is 0. The van der Waals surface area contributed by atoms with Gasteiger partial charge in [-0.25, -0.2) is 0 Å². The molecule has 0 aliphatic heterocycles. The van der Waals surface area contributed by atoms with E-state index in [4.69, 9.17) is 0 Å². The normalized spacial score (nSPS) is 12.3. The molecule has 0 fully saturated rings. The van der Waals surface area contributed by atoms with Gasteiger partial charge in [0.15, 0.2) is 0 Å². The molecule has 0 aliphatic carbocycles. The van der Waals surface area contributed by atoms with Crippen molar-refractivity contribution in [2.45, 2.75) is 38.0 Å². The zero-order chi connectivity index (χ0) is 19.2. The Bertz CT molecular complexity index is 843. The fourth-order valence-electron chi connectivity index (χ4n) is 3.74. The molecule has 0 amide bonds. The van der Waals surface area contributed by atoms with Gasteiger partial charge in [-0.3, -0.25) is 0 Å². The third-order valence-corrected chi connectivity index (χ3v) is 6.44. The van der Waals surface area contributed by atoms with E-state index in [0.717, 1.165) is 19.8 Å². The number of rotatable bonds is 7. The first-order valence-corrected chi connectivity index (χ1v) is 11.7. The number of hydrogen-bond acceptors (Lipinski definition) is 0. The average molecular weight is 551 g/mol. The van der Waals surface area contributed by atoms with Crippen LogP contribution < -0.4 is 0 Å². The first-order valence-electron chi connectivity index (χ1n) is 9.35. The van der Waals surface area contributed by atoms with Crippen molar-refractivity contribution in [2.24, 2.45) is 0 Å². The molecule has 1 atom stereocenters. The maximum Gasteiger partial charge on any atom is 0.0178 e. The molecule has 0 aliphatic rings. The van der Waals surface area contributed by atoms with Crippen molar-refractivity contribution in [3.63, 3.8) is 0 Å². The largest absolute Gasteiger partial charge is 0.0654 e. The Morgan fingerprint density at radius 1 is 0.667 bits per heavy atom. The summed E-state index contributed by atoms with van der Waals surface area (Å²) in [5, 5.41) is 0. The summed E-state index contributed by atoms with van der Waals surface area (Å²) in [6.07, 6.45) is 3.58. The van der Waals surface area contributed by atoms with Gasteiger partial charge in [0.2, 0.25) is 0 Å². The third-order valence-electron chi connectivity index (χ3n) is 4.96. The molecule has 0 nitrogen and oxygen atoms in total. The molecular formula is C24H23Br3. The van der Waals surface area contributed by atoms with Crippen molar-refractivity contribution < 1.29 is 0 Å². The summed E-state index contributed by atoms with van der Waals surface area (Å²) in [6.45, 7) is 2.27. The highest BCUT2D eigenvalue weighted by Gasteiger charge is 2.26. The van der Waals surface area contributed by atoms with E-state index < -0.39 is 0 Å². The molecule has 0 N–H and O–H groups in total. The predicted molar refractivity (Wildman–Crippen MR) is 127 cm³/mol. The second-order valence-corrected chi connectivity index (χ2v) is 9.64. The van der Waals surface area contributed by atoms with Crippen LogP contribution in [0.4, 0.5) is 0 Å². The van der Waals surface area contributed by atoms with Crippen LogP contribution in [0.1, 0.15) is 54.7 Å². The summed E-state index contributed by atoms with van der Waals surface area (Å²) in [5.74, 6) is 0.729. The van der Waals surface area contributed by atoms with Gasteiger partial charge in [-0.05, 0) is 65.4 Å². The minimum absolute atomic E-state index is 0.306. The van der Waals surface area contributed by atoms with Crippen molar-refractivity contribution >= 4 is 47.8 Å². The van der Waals surface area contributed by atoms with Crippen LogP contribution in [0.3, 0.4) is 0 Å². The SMILES string of the molecule is CCCCC(c1cccc(Br)c1)C(c1cccc(Br)c1)c1cccc(Br)c1. The monoisotopic (exact) mass is 548 g/mol. The van der Waals surface area contributed by atoms with Gasteiger partial charge in [-0.1, -0.05) is 104 Å². The molecular weight excluding hydrogens is 528 g/mol. The van der Waals surface area contributed by atoms with Crippen molar-refractivity contribution in [2.75, 3.05) is 0 Å². The molecule has 0 heterocycles. The van der Waals surface area contributed by atoms with Crippen LogP contribution in [0.5, 0.6) is 0 Å². The highest BCUT2D eigenvalue weighted by atomic mass is 79.9. The molecule has 140 valence electrons. The van der Waals surface area contributed by atoms with E-state index in [-0.39, 0.29) is 0 Å². The van der Waals surface area contributed by atoms with Crippen LogP contribution in [-0.4, -0.2) is 0 Å². The molecule has 0 aromatic heterocycles. The molecule has 0 saturated heterocycles. The van der Waals surface area contributed by atoms with Gasteiger partial charge in [0.1, 0.15) is 0 Å². The van der Waals surface area contributed by atoms with Gasteiger partial charge in [0, 0.05) is 19.3 Å². The average Bonchev–Trinajstić information content (AvgIpc) is 2.65. The van der Waals surface area contributed by atoms with E-state index in [2.05, 4.69) is 128 Å². The van der Waals surface area contributed by atoms with Crippen LogP contribution in [0, 0.1) is 0 Å². The number of halogens is 3. The maximum atomic E-state index is 3.67. The van der Waals surface area contributed by atoms with Crippen molar-refractivity contribution in [1.29, 1.82) is 0 Å². The molecule has 3 aromatic carbocycles. The molecule has 3 aromatic rings. The fraction of sp³-hybridized carbons (Fsp3) is 0.250. The Hall–Kier alpha value is -0.900. The van der Waals surface area contributed by atoms with Gasteiger partial charge in [0.05, 0.1) is 0 Å². The summed E-state index contributed by atoms with van der Waals surface area (Å²) in [5.41, 5.74) is 4.09. The predicted octanol–water partition coefficient (Wildman–Crippen LogP) is 9.08. The van der Waals surface area contributed by atoms with Crippen molar-refractivity contribution in [1.82, 2.24) is 0 Å². The van der Waals surface area contributed by atoms with E-state index in [1.807, 2.05) is 0 Å². The lowest BCUT2D eigenvalue weighted by Crippen LogP contribution is -2.14. The topological polar surface area (TPSA) is 0 Å². The molecule has 0 spiro atoms. The fourth-order valence-corrected chi connectivity index (χ4v) is 5.00. The van der Waals surface area contributed by atoms with Gasteiger partial charge < -0.3 is 0 Å². The van der Waals surface area contributed by atoms with Gasteiger partial charge in [-0.2, -0.15) is 0 Å². The number of benzene rings is 3. The maximum absolute atomic E-state index is 3.67. The molecule has 0 radical (unpaired) electrons. The van der Waals surface area contributed by atoms with E-state index in [1.54, 1.807) is 0 Å². The van der Waals surface area contributed by atoms with E-state index in [9.17, 15) is 0 Å². The van der Waals surface area contributed by atoms with Crippen LogP contribution in [0.2, 0.25) is 0 Å². The standard InChI is InChI=1S/C24H23Br3/c1-2-3-13-23(17-7-4-10-20(25)14-17)24(18-8-5-11-21(26)15-18)19-9-6-12-22(27)16-19/h4-12,14-16,23-24H,2-3,13H2,1H3. The molecule has 0 saturated carbocycles. The van der Waals surface area contributed by atoms with E-state index in [0.29, 0.717) is 11.8 Å². The molecule has 3 heteroatoms. The lowest BCUT2D eigenvalue weighted by atomic mass is 9.75. The van der Waals surface area contributed by atoms with E-state index >= 15 is 0 Å². The lowest BCUT2D eigenvalue weighted by Gasteiger charge is -2.29. The Balaban J connectivity index is 2.15. The quantitative estimate of drug-likeness (QED) is 0.275. The number of unbranched alkanes of at least 4 members (excludes halogenated alkanes) is 1. The molecule has 27 heavy (non-hydrogen) atoms. The van der Waals surface area contributed by atoms with Gasteiger partial charge >= 0.3 is 0 Å².